The number of hydrogen-bond donors (Lipinski definition) is 3. The molecule has 2 unspecified atom stereocenters. The van der Waals surface area contributed by atoms with Crippen molar-refractivity contribution in [2.75, 3.05) is 13.7 Å². The second-order valence-corrected chi connectivity index (χ2v) is 5.10. The summed E-state index contributed by atoms with van der Waals surface area (Å²) >= 11 is 0. The quantitative estimate of drug-likeness (QED) is 0.429. The highest BCUT2D eigenvalue weighted by Crippen LogP contribution is 2.46. The van der Waals surface area contributed by atoms with Crippen LogP contribution in [0.15, 0.2) is 0 Å². The van der Waals surface area contributed by atoms with Gasteiger partial charge >= 0.3 is 13.6 Å². The molecule has 1 aliphatic rings. The van der Waals surface area contributed by atoms with Gasteiger partial charge in [-0.25, -0.2) is 0 Å². The first-order valence-corrected chi connectivity index (χ1v) is 6.01. The molecule has 0 saturated carbocycles. The fraction of sp³-hybridized carbons (Fsp3) is 0.857. The van der Waals surface area contributed by atoms with Crippen LogP contribution >= 0.6 is 7.60 Å². The average molecular weight is 223 g/mol. The Labute approximate surface area is 81.8 Å². The van der Waals surface area contributed by atoms with E-state index in [4.69, 9.17) is 9.79 Å². The van der Waals surface area contributed by atoms with E-state index in [0.29, 0.717) is 19.4 Å². The molecular weight excluding hydrogens is 209 g/mol. The Bertz CT molecular complexity index is 263. The molecule has 0 aromatic heterocycles. The Hall–Kier alpha value is -0.420. The molecule has 2 atom stereocenters. The fourth-order valence-electron chi connectivity index (χ4n) is 1.60. The Kier molecular flexibility index (Phi) is 3.66. The predicted octanol–water partition coefficient (Wildman–Crippen LogP) is -0.542. The van der Waals surface area contributed by atoms with Gasteiger partial charge in [0, 0.05) is 0 Å². The lowest BCUT2D eigenvalue weighted by molar-refractivity contribution is -0.143. The number of piperidine rings is 1. The number of esters is 1. The minimum absolute atomic E-state index is 0.344. The average Bonchev–Trinajstić information content (AvgIpc) is 2.15. The van der Waals surface area contributed by atoms with Gasteiger partial charge in [0.2, 0.25) is 0 Å². The fourth-order valence-corrected chi connectivity index (χ4v) is 2.74. The highest BCUT2D eigenvalue weighted by molar-refractivity contribution is 7.52. The van der Waals surface area contributed by atoms with E-state index in [0.717, 1.165) is 0 Å². The van der Waals surface area contributed by atoms with Gasteiger partial charge in [0.05, 0.1) is 12.8 Å². The van der Waals surface area contributed by atoms with Crippen LogP contribution in [0.4, 0.5) is 0 Å². The zero-order chi connectivity index (χ0) is 10.8. The maximum atomic E-state index is 11.2. The van der Waals surface area contributed by atoms with Gasteiger partial charge in [0.15, 0.2) is 0 Å². The van der Waals surface area contributed by atoms with Crippen LogP contribution in [0, 0.1) is 0 Å². The van der Waals surface area contributed by atoms with Crippen molar-refractivity contribution < 1.29 is 23.9 Å². The zero-order valence-electron chi connectivity index (χ0n) is 7.84. The summed E-state index contributed by atoms with van der Waals surface area (Å²) in [6.07, 6.45) is 1.00. The molecule has 0 bridgehead atoms. The van der Waals surface area contributed by atoms with E-state index >= 15 is 0 Å². The van der Waals surface area contributed by atoms with Crippen molar-refractivity contribution in [1.82, 2.24) is 5.32 Å². The topological polar surface area (TPSA) is 95.9 Å². The van der Waals surface area contributed by atoms with Crippen molar-refractivity contribution in [1.29, 1.82) is 0 Å². The molecular formula is C7H14NO5P. The standard InChI is InChI=1S/C7H14NO5P/c1-13-7(9)6-5(14(10,11)12)3-2-4-8-6/h5-6,8H,2-4H2,1H3,(H2,10,11,12). The number of hydrogen-bond acceptors (Lipinski definition) is 4. The van der Waals surface area contributed by atoms with Crippen molar-refractivity contribution in [2.24, 2.45) is 0 Å². The lowest BCUT2D eigenvalue weighted by Gasteiger charge is -2.30. The summed E-state index contributed by atoms with van der Waals surface area (Å²) < 4.78 is 15.5. The predicted molar refractivity (Wildman–Crippen MR) is 48.9 cm³/mol. The normalized spacial score (nSPS) is 28.5. The van der Waals surface area contributed by atoms with Gasteiger partial charge in [-0.1, -0.05) is 0 Å². The van der Waals surface area contributed by atoms with Gasteiger partial charge in [0.25, 0.3) is 0 Å². The molecule has 1 heterocycles. The van der Waals surface area contributed by atoms with Gasteiger partial charge in [0.1, 0.15) is 6.04 Å². The van der Waals surface area contributed by atoms with Crippen molar-refractivity contribution >= 4 is 13.6 Å². The van der Waals surface area contributed by atoms with E-state index < -0.39 is 25.3 Å². The Morgan fingerprint density at radius 1 is 1.57 bits per heavy atom. The first-order chi connectivity index (χ1) is 6.46. The Morgan fingerprint density at radius 3 is 2.71 bits per heavy atom. The number of carbonyl (C=O) groups is 1. The highest BCUT2D eigenvalue weighted by Gasteiger charge is 2.42. The van der Waals surface area contributed by atoms with E-state index in [1.807, 2.05) is 0 Å². The molecule has 3 N–H and O–H groups in total. The molecule has 0 aliphatic carbocycles. The molecule has 0 radical (unpaired) electrons. The van der Waals surface area contributed by atoms with Crippen molar-refractivity contribution in [3.63, 3.8) is 0 Å². The number of carbonyl (C=O) groups excluding carboxylic acids is 1. The van der Waals surface area contributed by atoms with E-state index in [1.54, 1.807) is 0 Å². The lowest BCUT2D eigenvalue weighted by atomic mass is 10.0. The summed E-state index contributed by atoms with van der Waals surface area (Å²) in [5.41, 5.74) is -0.955. The third-order valence-electron chi connectivity index (χ3n) is 2.31. The third kappa shape index (κ3) is 2.54. The number of methoxy groups -OCH3 is 1. The molecule has 7 heteroatoms. The van der Waals surface area contributed by atoms with Crippen molar-refractivity contribution in [3.8, 4) is 0 Å². The maximum absolute atomic E-state index is 11.2. The molecule has 82 valence electrons. The summed E-state index contributed by atoms with van der Waals surface area (Å²) in [7, 11) is -3.02. The molecule has 0 spiro atoms. The Morgan fingerprint density at radius 2 is 2.21 bits per heavy atom. The molecule has 1 fully saturated rings. The molecule has 0 aromatic carbocycles. The lowest BCUT2D eigenvalue weighted by Crippen LogP contribution is -2.50. The molecule has 0 aromatic rings. The van der Waals surface area contributed by atoms with Gasteiger partial charge in [-0.3, -0.25) is 9.36 Å². The van der Waals surface area contributed by atoms with Gasteiger partial charge in [-0.15, -0.1) is 0 Å². The van der Waals surface area contributed by atoms with Crippen LogP contribution in [-0.2, 0) is 14.1 Å². The van der Waals surface area contributed by atoms with Crippen LogP contribution in [0.5, 0.6) is 0 Å². The van der Waals surface area contributed by atoms with Crippen LogP contribution in [0.1, 0.15) is 12.8 Å². The third-order valence-corrected chi connectivity index (χ3v) is 3.73. The van der Waals surface area contributed by atoms with Crippen LogP contribution in [-0.4, -0.2) is 41.1 Å². The minimum atomic E-state index is -4.23. The van der Waals surface area contributed by atoms with Gasteiger partial charge in [-0.05, 0) is 19.4 Å². The summed E-state index contributed by atoms with van der Waals surface area (Å²) in [6.45, 7) is 0.580. The van der Waals surface area contributed by atoms with E-state index in [9.17, 15) is 9.36 Å². The van der Waals surface area contributed by atoms with Crippen molar-refractivity contribution in [2.45, 2.75) is 24.5 Å². The maximum Gasteiger partial charge on any atom is 0.330 e. The monoisotopic (exact) mass is 223 g/mol. The molecule has 6 nitrogen and oxygen atoms in total. The van der Waals surface area contributed by atoms with Crippen LogP contribution in [0.25, 0.3) is 0 Å². The van der Waals surface area contributed by atoms with Crippen LogP contribution in [0.2, 0.25) is 0 Å². The largest absolute Gasteiger partial charge is 0.468 e. The van der Waals surface area contributed by atoms with Crippen LogP contribution < -0.4 is 5.32 Å². The summed E-state index contributed by atoms with van der Waals surface area (Å²) in [6, 6.07) is -0.880. The molecule has 1 rings (SSSR count). The van der Waals surface area contributed by atoms with Crippen LogP contribution in [0.3, 0.4) is 0 Å². The summed E-state index contributed by atoms with van der Waals surface area (Å²) in [4.78, 5) is 29.2. The number of ether oxygens (including phenoxy) is 1. The van der Waals surface area contributed by atoms with Crippen molar-refractivity contribution in [3.05, 3.63) is 0 Å². The summed E-state index contributed by atoms with van der Waals surface area (Å²) in [5.74, 6) is -0.613. The molecule has 14 heavy (non-hydrogen) atoms. The second-order valence-electron chi connectivity index (χ2n) is 3.25. The molecule has 1 saturated heterocycles. The highest BCUT2D eigenvalue weighted by atomic mass is 31.2. The molecule has 1 aliphatic heterocycles. The van der Waals surface area contributed by atoms with E-state index in [2.05, 4.69) is 10.1 Å². The first kappa shape index (κ1) is 11.7. The number of rotatable bonds is 2. The summed E-state index contributed by atoms with van der Waals surface area (Å²) in [5, 5.41) is 2.76. The van der Waals surface area contributed by atoms with Gasteiger partial charge < -0.3 is 19.8 Å². The van der Waals surface area contributed by atoms with Gasteiger partial charge in [-0.2, -0.15) is 0 Å². The zero-order valence-corrected chi connectivity index (χ0v) is 8.74. The van der Waals surface area contributed by atoms with E-state index in [1.165, 1.54) is 7.11 Å². The molecule has 0 amide bonds. The van der Waals surface area contributed by atoms with E-state index in [-0.39, 0.29) is 0 Å². The smallest absolute Gasteiger partial charge is 0.330 e. The minimum Gasteiger partial charge on any atom is -0.468 e. The first-order valence-electron chi connectivity index (χ1n) is 4.33. The number of nitrogens with one attached hydrogen (secondary N) is 1. The second kappa shape index (κ2) is 4.40. The SMILES string of the molecule is COC(=O)C1NCCCC1P(=O)(O)O. The Balaban J connectivity index is 2.79.